The molecule has 3 rings (SSSR count). The molecule has 1 saturated heterocycles. The largest absolute Gasteiger partial charge is 0.333 e. The first-order valence-corrected chi connectivity index (χ1v) is 8.91. The lowest BCUT2D eigenvalue weighted by molar-refractivity contribution is -0.385. The Morgan fingerprint density at radius 2 is 1.93 bits per heavy atom. The number of carbonyl (C=O) groups excluding carboxylic acids is 1. The van der Waals surface area contributed by atoms with Crippen LogP contribution in [0.4, 0.5) is 5.69 Å². The van der Waals surface area contributed by atoms with Gasteiger partial charge in [-0.1, -0.05) is 49.4 Å². The average Bonchev–Trinajstić information content (AvgIpc) is 2.68. The number of nitro groups is 1. The SMILES string of the molecule is CCc1ccc(C2CNCCN2C(=O)Cc2ccccc2[N+](=O)[O-])cc1.Cl. The van der Waals surface area contributed by atoms with Crippen LogP contribution in [0.25, 0.3) is 0 Å². The van der Waals surface area contributed by atoms with Gasteiger partial charge in [0.15, 0.2) is 0 Å². The maximum atomic E-state index is 12.9. The molecule has 1 fully saturated rings. The Morgan fingerprint density at radius 3 is 2.59 bits per heavy atom. The Labute approximate surface area is 165 Å². The van der Waals surface area contributed by atoms with Crippen molar-refractivity contribution in [1.82, 2.24) is 10.2 Å². The molecule has 1 N–H and O–H groups in total. The van der Waals surface area contributed by atoms with E-state index in [1.165, 1.54) is 11.6 Å². The lowest BCUT2D eigenvalue weighted by Crippen LogP contribution is -2.49. The Hall–Kier alpha value is -2.44. The van der Waals surface area contributed by atoms with Gasteiger partial charge in [-0.2, -0.15) is 0 Å². The summed E-state index contributed by atoms with van der Waals surface area (Å²) in [5.41, 5.74) is 2.81. The number of amides is 1. The van der Waals surface area contributed by atoms with Gasteiger partial charge in [-0.15, -0.1) is 12.4 Å². The van der Waals surface area contributed by atoms with Gasteiger partial charge in [-0.3, -0.25) is 14.9 Å². The highest BCUT2D eigenvalue weighted by Crippen LogP contribution is 2.25. The van der Waals surface area contributed by atoms with Crippen molar-refractivity contribution in [3.63, 3.8) is 0 Å². The van der Waals surface area contributed by atoms with Gasteiger partial charge in [0.2, 0.25) is 5.91 Å². The number of nitrogens with zero attached hydrogens (tertiary/aromatic N) is 2. The number of hydrogen-bond acceptors (Lipinski definition) is 4. The molecule has 0 bridgehead atoms. The minimum Gasteiger partial charge on any atom is -0.333 e. The van der Waals surface area contributed by atoms with Gasteiger partial charge in [0.05, 0.1) is 17.4 Å². The van der Waals surface area contributed by atoms with Crippen molar-refractivity contribution in [3.05, 3.63) is 75.3 Å². The minimum atomic E-state index is -0.429. The monoisotopic (exact) mass is 389 g/mol. The van der Waals surface area contributed by atoms with E-state index >= 15 is 0 Å². The summed E-state index contributed by atoms with van der Waals surface area (Å²) in [6.45, 7) is 4.12. The van der Waals surface area contributed by atoms with Gasteiger partial charge >= 0.3 is 0 Å². The Balaban J connectivity index is 0.00000261. The summed E-state index contributed by atoms with van der Waals surface area (Å²) in [6.07, 6.45) is 1.02. The Kier molecular flexibility index (Phi) is 7.33. The summed E-state index contributed by atoms with van der Waals surface area (Å²) in [4.78, 5) is 25.5. The van der Waals surface area contributed by atoms with Crippen molar-refractivity contribution in [1.29, 1.82) is 0 Å². The second kappa shape index (κ2) is 9.48. The zero-order chi connectivity index (χ0) is 18.5. The fourth-order valence-corrected chi connectivity index (χ4v) is 3.38. The van der Waals surface area contributed by atoms with Crippen LogP contribution in [-0.2, 0) is 17.6 Å². The number of benzene rings is 2. The molecule has 0 radical (unpaired) electrons. The van der Waals surface area contributed by atoms with E-state index in [2.05, 4.69) is 36.5 Å². The molecule has 7 heteroatoms. The number of piperazine rings is 1. The number of nitrogens with one attached hydrogen (secondary N) is 1. The predicted molar refractivity (Wildman–Crippen MR) is 107 cm³/mol. The molecular formula is C20H24ClN3O3. The standard InChI is InChI=1S/C20H23N3O3.ClH/c1-2-15-7-9-16(10-8-15)19-14-21-11-12-22(19)20(24)13-17-5-3-4-6-18(17)23(25)26;/h3-10,19,21H,2,11-14H2,1H3;1H. The van der Waals surface area contributed by atoms with Crippen molar-refractivity contribution < 1.29 is 9.72 Å². The average molecular weight is 390 g/mol. The zero-order valence-electron chi connectivity index (χ0n) is 15.3. The first kappa shape index (κ1) is 20.9. The molecule has 0 aliphatic carbocycles. The quantitative estimate of drug-likeness (QED) is 0.628. The van der Waals surface area contributed by atoms with Gasteiger partial charge in [-0.05, 0) is 17.5 Å². The van der Waals surface area contributed by atoms with Crippen LogP contribution in [0.15, 0.2) is 48.5 Å². The summed E-state index contributed by atoms with van der Waals surface area (Å²) in [6, 6.07) is 14.7. The van der Waals surface area contributed by atoms with Crippen molar-refractivity contribution in [2.24, 2.45) is 0 Å². The van der Waals surface area contributed by atoms with E-state index < -0.39 is 4.92 Å². The van der Waals surface area contributed by atoms with Gasteiger partial charge in [-0.25, -0.2) is 0 Å². The predicted octanol–water partition coefficient (Wildman–Crippen LogP) is 3.29. The Bertz CT molecular complexity index is 795. The number of para-hydroxylation sites is 1. The molecule has 1 aliphatic rings. The molecule has 2 aromatic carbocycles. The third-order valence-corrected chi connectivity index (χ3v) is 4.87. The van der Waals surface area contributed by atoms with Crippen LogP contribution in [0.5, 0.6) is 0 Å². The summed E-state index contributed by atoms with van der Waals surface area (Å²) in [7, 11) is 0. The number of nitro benzene ring substituents is 1. The molecular weight excluding hydrogens is 366 g/mol. The second-order valence-corrected chi connectivity index (χ2v) is 6.46. The molecule has 144 valence electrons. The first-order valence-electron chi connectivity index (χ1n) is 8.91. The number of halogens is 1. The smallest absolute Gasteiger partial charge is 0.273 e. The van der Waals surface area contributed by atoms with Crippen LogP contribution in [0.1, 0.15) is 29.7 Å². The normalized spacial score (nSPS) is 16.5. The number of rotatable bonds is 5. The second-order valence-electron chi connectivity index (χ2n) is 6.46. The van der Waals surface area contributed by atoms with Crippen LogP contribution in [0, 0.1) is 10.1 Å². The van der Waals surface area contributed by atoms with E-state index in [1.54, 1.807) is 18.2 Å². The van der Waals surface area contributed by atoms with E-state index in [4.69, 9.17) is 0 Å². The lowest BCUT2D eigenvalue weighted by atomic mass is 9.99. The van der Waals surface area contributed by atoms with E-state index in [1.807, 2.05) is 4.90 Å². The summed E-state index contributed by atoms with van der Waals surface area (Å²) in [5, 5.41) is 14.5. The molecule has 6 nitrogen and oxygen atoms in total. The van der Waals surface area contributed by atoms with Crippen LogP contribution in [0.2, 0.25) is 0 Å². The Morgan fingerprint density at radius 1 is 1.22 bits per heavy atom. The maximum Gasteiger partial charge on any atom is 0.273 e. The van der Waals surface area contributed by atoms with E-state index in [0.717, 1.165) is 18.5 Å². The molecule has 27 heavy (non-hydrogen) atoms. The highest BCUT2D eigenvalue weighted by molar-refractivity contribution is 5.85. The molecule has 2 aromatic rings. The van der Waals surface area contributed by atoms with Gasteiger partial charge < -0.3 is 10.2 Å². The number of carbonyl (C=O) groups is 1. The van der Waals surface area contributed by atoms with Gasteiger partial charge in [0.25, 0.3) is 5.69 Å². The van der Waals surface area contributed by atoms with E-state index in [9.17, 15) is 14.9 Å². The number of hydrogen-bond donors (Lipinski definition) is 1. The van der Waals surface area contributed by atoms with E-state index in [0.29, 0.717) is 18.7 Å². The topological polar surface area (TPSA) is 75.5 Å². The minimum absolute atomic E-state index is 0. The fraction of sp³-hybridized carbons (Fsp3) is 0.350. The maximum absolute atomic E-state index is 12.9. The summed E-state index contributed by atoms with van der Waals surface area (Å²) >= 11 is 0. The highest BCUT2D eigenvalue weighted by Gasteiger charge is 2.29. The third kappa shape index (κ3) is 4.84. The summed E-state index contributed by atoms with van der Waals surface area (Å²) < 4.78 is 0. The van der Waals surface area contributed by atoms with Crippen LogP contribution in [-0.4, -0.2) is 35.4 Å². The fourth-order valence-electron chi connectivity index (χ4n) is 3.38. The lowest BCUT2D eigenvalue weighted by Gasteiger charge is -2.36. The molecule has 1 heterocycles. The molecule has 1 aliphatic heterocycles. The first-order chi connectivity index (χ1) is 12.6. The van der Waals surface area contributed by atoms with Crippen molar-refractivity contribution >= 4 is 24.0 Å². The zero-order valence-corrected chi connectivity index (χ0v) is 16.1. The molecule has 1 unspecified atom stereocenters. The van der Waals surface area contributed by atoms with Crippen LogP contribution in [0.3, 0.4) is 0 Å². The third-order valence-electron chi connectivity index (χ3n) is 4.87. The van der Waals surface area contributed by atoms with Crippen LogP contribution >= 0.6 is 12.4 Å². The highest BCUT2D eigenvalue weighted by atomic mass is 35.5. The molecule has 0 saturated carbocycles. The molecule has 1 amide bonds. The van der Waals surface area contributed by atoms with E-state index in [-0.39, 0.29) is 36.5 Å². The number of aryl methyl sites for hydroxylation is 1. The summed E-state index contributed by atoms with van der Waals surface area (Å²) in [5.74, 6) is -0.0784. The van der Waals surface area contributed by atoms with Crippen LogP contribution < -0.4 is 5.32 Å². The van der Waals surface area contributed by atoms with Crippen molar-refractivity contribution in [2.45, 2.75) is 25.8 Å². The molecule has 1 atom stereocenters. The van der Waals surface area contributed by atoms with Gasteiger partial charge in [0.1, 0.15) is 0 Å². The van der Waals surface area contributed by atoms with Crippen molar-refractivity contribution in [2.75, 3.05) is 19.6 Å². The van der Waals surface area contributed by atoms with Crippen molar-refractivity contribution in [3.8, 4) is 0 Å². The molecule has 0 aromatic heterocycles. The molecule has 0 spiro atoms. The van der Waals surface area contributed by atoms with Gasteiger partial charge in [0, 0.05) is 31.3 Å².